The average molecular weight is 325 g/mol. The Bertz CT molecular complexity index is 518. The highest BCUT2D eigenvalue weighted by Crippen LogP contribution is 2.37. The van der Waals surface area contributed by atoms with E-state index in [2.05, 4.69) is 37.3 Å². The SMILES string of the molecule is CCC/C=C/COCCCC1CCC(c2ccc(C#N)cc2)CC1. The van der Waals surface area contributed by atoms with Crippen LogP contribution >= 0.6 is 0 Å². The molecule has 0 amide bonds. The van der Waals surface area contributed by atoms with E-state index in [9.17, 15) is 0 Å². The first-order valence-electron chi connectivity index (χ1n) is 9.56. The van der Waals surface area contributed by atoms with Gasteiger partial charge in [0.05, 0.1) is 18.2 Å². The zero-order valence-electron chi connectivity index (χ0n) is 15.0. The van der Waals surface area contributed by atoms with E-state index in [1.54, 1.807) is 0 Å². The van der Waals surface area contributed by atoms with Crippen molar-refractivity contribution in [1.82, 2.24) is 0 Å². The lowest BCUT2D eigenvalue weighted by atomic mass is 9.77. The Kier molecular flexibility index (Phi) is 8.63. The lowest BCUT2D eigenvalue weighted by molar-refractivity contribution is 0.149. The summed E-state index contributed by atoms with van der Waals surface area (Å²) >= 11 is 0. The number of hydrogen-bond donors (Lipinski definition) is 0. The van der Waals surface area contributed by atoms with Gasteiger partial charge in [0, 0.05) is 6.61 Å². The summed E-state index contributed by atoms with van der Waals surface area (Å²) in [6.45, 7) is 3.86. The molecule has 1 aliphatic rings. The van der Waals surface area contributed by atoms with Crippen molar-refractivity contribution >= 4 is 0 Å². The monoisotopic (exact) mass is 325 g/mol. The maximum atomic E-state index is 8.88. The highest BCUT2D eigenvalue weighted by Gasteiger charge is 2.21. The topological polar surface area (TPSA) is 33.0 Å². The lowest BCUT2D eigenvalue weighted by Crippen LogP contribution is -2.14. The summed E-state index contributed by atoms with van der Waals surface area (Å²) in [5.41, 5.74) is 2.17. The molecule has 0 bridgehead atoms. The number of ether oxygens (including phenoxy) is 1. The van der Waals surface area contributed by atoms with Crippen LogP contribution in [0.25, 0.3) is 0 Å². The Morgan fingerprint density at radius 1 is 1.12 bits per heavy atom. The van der Waals surface area contributed by atoms with Crippen molar-refractivity contribution < 1.29 is 4.74 Å². The summed E-state index contributed by atoms with van der Waals surface area (Å²) in [5.74, 6) is 1.56. The van der Waals surface area contributed by atoms with Crippen LogP contribution in [0.3, 0.4) is 0 Å². The van der Waals surface area contributed by atoms with Crippen LogP contribution in [0.1, 0.15) is 75.3 Å². The number of nitriles is 1. The molecule has 2 heteroatoms. The van der Waals surface area contributed by atoms with Crippen molar-refractivity contribution in [2.45, 2.75) is 64.2 Å². The molecule has 1 saturated carbocycles. The number of hydrogen-bond acceptors (Lipinski definition) is 2. The molecular formula is C22H31NO. The molecule has 1 fully saturated rings. The van der Waals surface area contributed by atoms with E-state index in [1.807, 2.05) is 12.1 Å². The molecule has 130 valence electrons. The third kappa shape index (κ3) is 6.49. The molecule has 0 saturated heterocycles. The third-order valence-corrected chi connectivity index (χ3v) is 5.10. The van der Waals surface area contributed by atoms with Crippen molar-refractivity contribution in [1.29, 1.82) is 5.26 Å². The fraction of sp³-hybridized carbons (Fsp3) is 0.591. The minimum absolute atomic E-state index is 0.689. The van der Waals surface area contributed by atoms with E-state index in [4.69, 9.17) is 10.00 Å². The maximum absolute atomic E-state index is 8.88. The molecule has 1 aromatic rings. The van der Waals surface area contributed by atoms with Crippen LogP contribution in [0.4, 0.5) is 0 Å². The Morgan fingerprint density at radius 3 is 2.54 bits per heavy atom. The van der Waals surface area contributed by atoms with Crippen LogP contribution in [0.15, 0.2) is 36.4 Å². The molecule has 0 aliphatic heterocycles. The Hall–Kier alpha value is -1.59. The fourth-order valence-corrected chi connectivity index (χ4v) is 3.59. The van der Waals surface area contributed by atoms with Crippen LogP contribution < -0.4 is 0 Å². The van der Waals surface area contributed by atoms with Gasteiger partial charge in [0.25, 0.3) is 0 Å². The summed E-state index contributed by atoms with van der Waals surface area (Å²) in [6.07, 6.45) is 14.5. The summed E-state index contributed by atoms with van der Waals surface area (Å²) in [4.78, 5) is 0. The molecular weight excluding hydrogens is 294 g/mol. The first-order valence-corrected chi connectivity index (χ1v) is 9.56. The number of nitrogens with zero attached hydrogens (tertiary/aromatic N) is 1. The maximum Gasteiger partial charge on any atom is 0.0991 e. The third-order valence-electron chi connectivity index (χ3n) is 5.10. The number of unbranched alkanes of at least 4 members (excludes halogenated alkanes) is 1. The van der Waals surface area contributed by atoms with E-state index in [1.165, 1.54) is 50.5 Å². The van der Waals surface area contributed by atoms with E-state index in [-0.39, 0.29) is 0 Å². The van der Waals surface area contributed by atoms with Gasteiger partial charge in [-0.2, -0.15) is 5.26 Å². The minimum atomic E-state index is 0.689. The van der Waals surface area contributed by atoms with Gasteiger partial charge in [-0.3, -0.25) is 0 Å². The molecule has 0 atom stereocenters. The van der Waals surface area contributed by atoms with Gasteiger partial charge >= 0.3 is 0 Å². The molecule has 0 spiro atoms. The van der Waals surface area contributed by atoms with Gasteiger partial charge in [-0.15, -0.1) is 0 Å². The molecule has 1 aliphatic carbocycles. The molecule has 0 unspecified atom stereocenters. The molecule has 0 aromatic heterocycles. The van der Waals surface area contributed by atoms with E-state index in [0.29, 0.717) is 5.92 Å². The molecule has 2 nitrogen and oxygen atoms in total. The fourth-order valence-electron chi connectivity index (χ4n) is 3.59. The first-order chi connectivity index (χ1) is 11.8. The van der Waals surface area contributed by atoms with Crippen molar-refractivity contribution in [3.05, 3.63) is 47.5 Å². The molecule has 0 N–H and O–H groups in total. The van der Waals surface area contributed by atoms with Crippen LogP contribution in [0.5, 0.6) is 0 Å². The number of rotatable bonds is 9. The normalized spacial score (nSPS) is 21.0. The molecule has 24 heavy (non-hydrogen) atoms. The van der Waals surface area contributed by atoms with Gasteiger partial charge in [0.1, 0.15) is 0 Å². The van der Waals surface area contributed by atoms with Crippen molar-refractivity contribution in [2.24, 2.45) is 5.92 Å². The van der Waals surface area contributed by atoms with Crippen molar-refractivity contribution in [3.63, 3.8) is 0 Å². The molecule has 1 aromatic carbocycles. The van der Waals surface area contributed by atoms with Crippen LogP contribution in [0, 0.1) is 17.2 Å². The first kappa shape index (κ1) is 18.7. The zero-order valence-corrected chi connectivity index (χ0v) is 15.0. The highest BCUT2D eigenvalue weighted by molar-refractivity contribution is 5.33. The average Bonchev–Trinajstić information content (AvgIpc) is 2.64. The smallest absolute Gasteiger partial charge is 0.0991 e. The van der Waals surface area contributed by atoms with Gasteiger partial charge in [0.2, 0.25) is 0 Å². The predicted molar refractivity (Wildman–Crippen MR) is 100.0 cm³/mol. The van der Waals surface area contributed by atoms with E-state index >= 15 is 0 Å². The second-order valence-corrected chi connectivity index (χ2v) is 6.93. The number of benzene rings is 1. The molecule has 0 radical (unpaired) electrons. The highest BCUT2D eigenvalue weighted by atomic mass is 16.5. The van der Waals surface area contributed by atoms with E-state index < -0.39 is 0 Å². The van der Waals surface area contributed by atoms with Crippen molar-refractivity contribution in [2.75, 3.05) is 13.2 Å². The van der Waals surface area contributed by atoms with Crippen LogP contribution in [-0.4, -0.2) is 13.2 Å². The van der Waals surface area contributed by atoms with Crippen LogP contribution in [0.2, 0.25) is 0 Å². The van der Waals surface area contributed by atoms with Gasteiger partial charge in [-0.1, -0.05) is 37.6 Å². The molecule has 2 rings (SSSR count). The zero-order chi connectivity index (χ0) is 17.0. The quantitative estimate of drug-likeness (QED) is 0.413. The van der Waals surface area contributed by atoms with Gasteiger partial charge in [-0.25, -0.2) is 0 Å². The Morgan fingerprint density at radius 2 is 1.88 bits per heavy atom. The van der Waals surface area contributed by atoms with Gasteiger partial charge in [-0.05, 0) is 74.5 Å². The summed E-state index contributed by atoms with van der Waals surface area (Å²) in [7, 11) is 0. The predicted octanol–water partition coefficient (Wildman–Crippen LogP) is 5.99. The van der Waals surface area contributed by atoms with Gasteiger partial charge in [0.15, 0.2) is 0 Å². The van der Waals surface area contributed by atoms with E-state index in [0.717, 1.165) is 31.1 Å². The Labute approximate surface area is 147 Å². The Balaban J connectivity index is 1.58. The van der Waals surface area contributed by atoms with Crippen molar-refractivity contribution in [3.8, 4) is 6.07 Å². The second kappa shape index (κ2) is 11.0. The molecule has 0 heterocycles. The summed E-state index contributed by atoms with van der Waals surface area (Å²) in [5, 5.41) is 8.88. The summed E-state index contributed by atoms with van der Waals surface area (Å²) in [6, 6.07) is 10.4. The van der Waals surface area contributed by atoms with Gasteiger partial charge < -0.3 is 4.74 Å². The standard InChI is InChI=1S/C22H31NO/c1-2-3-4-5-16-24-17-6-7-19-8-12-21(13-9-19)22-14-10-20(18-23)11-15-22/h4-5,10-11,14-15,19,21H,2-3,6-9,12-13,16-17H2,1H3/b5-4+. The minimum Gasteiger partial charge on any atom is -0.377 e. The lowest BCUT2D eigenvalue weighted by Gasteiger charge is -2.28. The second-order valence-electron chi connectivity index (χ2n) is 6.93. The largest absolute Gasteiger partial charge is 0.377 e. The number of allylic oxidation sites excluding steroid dienone is 1. The summed E-state index contributed by atoms with van der Waals surface area (Å²) < 4.78 is 5.67. The van der Waals surface area contributed by atoms with Crippen LogP contribution in [-0.2, 0) is 4.74 Å².